The number of pyridine rings is 1. The summed E-state index contributed by atoms with van der Waals surface area (Å²) in [5, 5.41) is 0. The van der Waals surface area contributed by atoms with Crippen molar-refractivity contribution in [3.8, 4) is 11.1 Å². The summed E-state index contributed by atoms with van der Waals surface area (Å²) in [6.45, 7) is 4.54. The maximum Gasteiger partial charge on any atom is 0.229 e. The number of benzene rings is 1. The molecule has 4 rings (SSSR count). The second-order valence-corrected chi connectivity index (χ2v) is 9.27. The number of carbonyl (C=O) groups is 1. The minimum Gasteiger partial charge on any atom is -0.348 e. The summed E-state index contributed by atoms with van der Waals surface area (Å²) in [5.74, 6) is 1.07. The molecule has 3 heterocycles. The van der Waals surface area contributed by atoms with Crippen molar-refractivity contribution in [3.05, 3.63) is 78.1 Å². The fourth-order valence-electron chi connectivity index (χ4n) is 4.92. The van der Waals surface area contributed by atoms with Gasteiger partial charge in [0.15, 0.2) is 0 Å². The van der Waals surface area contributed by atoms with E-state index in [1.54, 1.807) is 11.1 Å². The molecule has 6 nitrogen and oxygen atoms in total. The molecule has 3 aromatic rings. The van der Waals surface area contributed by atoms with Crippen LogP contribution in [0.5, 0.6) is 0 Å². The monoisotopic (exact) mass is 443 g/mol. The predicted molar refractivity (Wildman–Crippen MR) is 130 cm³/mol. The van der Waals surface area contributed by atoms with Crippen molar-refractivity contribution in [2.45, 2.75) is 39.2 Å². The molecule has 1 fully saturated rings. The zero-order chi connectivity index (χ0) is 23.3. The number of amides is 1. The Morgan fingerprint density at radius 2 is 1.85 bits per heavy atom. The summed E-state index contributed by atoms with van der Waals surface area (Å²) in [6.07, 6.45) is 11.0. The number of hydrogen-bond acceptors (Lipinski definition) is 5. The van der Waals surface area contributed by atoms with Gasteiger partial charge in [0.25, 0.3) is 0 Å². The molecule has 0 N–H and O–H groups in total. The molecule has 33 heavy (non-hydrogen) atoms. The third-order valence-electron chi connectivity index (χ3n) is 6.46. The van der Waals surface area contributed by atoms with Crippen LogP contribution in [0.1, 0.15) is 36.7 Å². The maximum atomic E-state index is 13.5. The van der Waals surface area contributed by atoms with Crippen molar-refractivity contribution in [2.24, 2.45) is 5.41 Å². The SMILES string of the molecule is CCc1ncc(CN2CCC[C@](Cc3cccc(-c4cccnc4)c3)(C(=O)N(C)C)C2)cn1. The van der Waals surface area contributed by atoms with E-state index in [4.69, 9.17) is 0 Å². The summed E-state index contributed by atoms with van der Waals surface area (Å²) >= 11 is 0. The van der Waals surface area contributed by atoms with E-state index in [9.17, 15) is 4.79 Å². The van der Waals surface area contributed by atoms with Gasteiger partial charge in [-0.05, 0) is 48.6 Å². The molecule has 0 radical (unpaired) electrons. The predicted octanol–water partition coefficient (Wildman–Crippen LogP) is 4.01. The normalized spacial score (nSPS) is 18.8. The number of aromatic nitrogens is 3. The highest BCUT2D eigenvalue weighted by atomic mass is 16.2. The molecule has 1 aliphatic rings. The van der Waals surface area contributed by atoms with Crippen molar-refractivity contribution in [1.29, 1.82) is 0 Å². The summed E-state index contributed by atoms with van der Waals surface area (Å²) < 4.78 is 0. The van der Waals surface area contributed by atoms with Crippen molar-refractivity contribution in [3.63, 3.8) is 0 Å². The van der Waals surface area contributed by atoms with E-state index in [2.05, 4.69) is 57.1 Å². The number of aryl methyl sites for hydroxylation is 1. The lowest BCUT2D eigenvalue weighted by Gasteiger charge is -2.43. The van der Waals surface area contributed by atoms with Crippen LogP contribution in [0.15, 0.2) is 61.2 Å². The van der Waals surface area contributed by atoms with Gasteiger partial charge in [0.05, 0.1) is 5.41 Å². The van der Waals surface area contributed by atoms with Crippen LogP contribution in [-0.2, 0) is 24.2 Å². The quantitative estimate of drug-likeness (QED) is 0.552. The first-order valence-electron chi connectivity index (χ1n) is 11.7. The molecular formula is C27H33N5O. The van der Waals surface area contributed by atoms with Gasteiger partial charge < -0.3 is 4.90 Å². The Kier molecular flexibility index (Phi) is 7.14. The molecular weight excluding hydrogens is 410 g/mol. The molecule has 1 saturated heterocycles. The number of nitrogens with zero attached hydrogens (tertiary/aromatic N) is 5. The first-order valence-corrected chi connectivity index (χ1v) is 11.7. The molecule has 0 bridgehead atoms. The smallest absolute Gasteiger partial charge is 0.229 e. The van der Waals surface area contributed by atoms with E-state index in [1.807, 2.05) is 38.8 Å². The fourth-order valence-corrected chi connectivity index (χ4v) is 4.92. The molecule has 172 valence electrons. The summed E-state index contributed by atoms with van der Waals surface area (Å²) in [7, 11) is 3.73. The van der Waals surface area contributed by atoms with E-state index in [1.165, 1.54) is 5.56 Å². The number of carbonyl (C=O) groups excluding carboxylic acids is 1. The molecule has 1 amide bonds. The highest BCUT2D eigenvalue weighted by molar-refractivity contribution is 5.83. The van der Waals surface area contributed by atoms with Crippen LogP contribution in [-0.4, -0.2) is 57.8 Å². The van der Waals surface area contributed by atoms with Gasteiger partial charge in [-0.3, -0.25) is 14.7 Å². The number of rotatable bonds is 7. The van der Waals surface area contributed by atoms with E-state index < -0.39 is 5.41 Å². The van der Waals surface area contributed by atoms with Crippen LogP contribution >= 0.6 is 0 Å². The highest BCUT2D eigenvalue weighted by Gasteiger charge is 2.43. The average molecular weight is 444 g/mol. The summed E-state index contributed by atoms with van der Waals surface area (Å²) in [5.41, 5.74) is 4.06. The Balaban J connectivity index is 1.58. The van der Waals surface area contributed by atoms with E-state index in [0.29, 0.717) is 0 Å². The molecule has 0 spiro atoms. The summed E-state index contributed by atoms with van der Waals surface area (Å²) in [4.78, 5) is 30.8. The third kappa shape index (κ3) is 5.45. The Morgan fingerprint density at radius 3 is 2.55 bits per heavy atom. The van der Waals surface area contributed by atoms with Crippen molar-refractivity contribution < 1.29 is 4.79 Å². The first-order chi connectivity index (χ1) is 16.0. The Hall–Kier alpha value is -3.12. The van der Waals surface area contributed by atoms with Crippen LogP contribution < -0.4 is 0 Å². The molecule has 2 aromatic heterocycles. The van der Waals surface area contributed by atoms with Crippen LogP contribution in [0.25, 0.3) is 11.1 Å². The second kappa shape index (κ2) is 10.2. The van der Waals surface area contributed by atoms with Gasteiger partial charge in [0.2, 0.25) is 5.91 Å². The van der Waals surface area contributed by atoms with Gasteiger partial charge in [-0.1, -0.05) is 37.3 Å². The third-order valence-corrected chi connectivity index (χ3v) is 6.46. The van der Waals surface area contributed by atoms with Crippen LogP contribution in [0, 0.1) is 5.41 Å². The minimum absolute atomic E-state index is 0.205. The van der Waals surface area contributed by atoms with Gasteiger partial charge in [-0.15, -0.1) is 0 Å². The zero-order valence-corrected chi connectivity index (χ0v) is 19.9. The molecule has 1 aromatic carbocycles. The van der Waals surface area contributed by atoms with Crippen molar-refractivity contribution in [2.75, 3.05) is 27.2 Å². The van der Waals surface area contributed by atoms with E-state index in [-0.39, 0.29) is 5.91 Å². The second-order valence-electron chi connectivity index (χ2n) is 9.27. The van der Waals surface area contributed by atoms with Gasteiger partial charge in [0, 0.05) is 64.0 Å². The number of hydrogen-bond donors (Lipinski definition) is 0. The van der Waals surface area contributed by atoms with Gasteiger partial charge >= 0.3 is 0 Å². The molecule has 6 heteroatoms. The van der Waals surface area contributed by atoms with Crippen molar-refractivity contribution >= 4 is 5.91 Å². The highest BCUT2D eigenvalue weighted by Crippen LogP contribution is 2.36. The Morgan fingerprint density at radius 1 is 1.06 bits per heavy atom. The average Bonchev–Trinajstić information content (AvgIpc) is 2.85. The molecule has 0 unspecified atom stereocenters. The van der Waals surface area contributed by atoms with Crippen molar-refractivity contribution in [1.82, 2.24) is 24.8 Å². The number of likely N-dealkylation sites (tertiary alicyclic amines) is 1. The lowest BCUT2D eigenvalue weighted by molar-refractivity contribution is -0.143. The van der Waals surface area contributed by atoms with Gasteiger partial charge in [0.1, 0.15) is 5.82 Å². The topological polar surface area (TPSA) is 62.2 Å². The van der Waals surface area contributed by atoms with Gasteiger partial charge in [-0.2, -0.15) is 0 Å². The number of piperidine rings is 1. The largest absolute Gasteiger partial charge is 0.348 e. The van der Waals surface area contributed by atoms with E-state index in [0.717, 1.165) is 67.8 Å². The maximum absolute atomic E-state index is 13.5. The van der Waals surface area contributed by atoms with Crippen LogP contribution in [0.4, 0.5) is 0 Å². The van der Waals surface area contributed by atoms with Crippen LogP contribution in [0.3, 0.4) is 0 Å². The standard InChI is InChI=1S/C27H33N5O/c1-4-25-29-16-22(17-30-25)19-32-13-7-11-27(20-32,26(33)31(2)3)15-21-8-5-9-23(14-21)24-10-6-12-28-18-24/h5-6,8-10,12,14,16-18H,4,7,11,13,15,19-20H2,1-3H3/t27-/m1/s1. The molecule has 0 saturated carbocycles. The Bertz CT molecular complexity index is 1070. The lowest BCUT2D eigenvalue weighted by Crippen LogP contribution is -2.52. The molecule has 1 atom stereocenters. The minimum atomic E-state index is -0.445. The van der Waals surface area contributed by atoms with Crippen LogP contribution in [0.2, 0.25) is 0 Å². The fraction of sp³-hybridized carbons (Fsp3) is 0.407. The summed E-state index contributed by atoms with van der Waals surface area (Å²) in [6, 6.07) is 12.6. The first kappa shape index (κ1) is 23.1. The van der Waals surface area contributed by atoms with E-state index >= 15 is 0 Å². The lowest BCUT2D eigenvalue weighted by atomic mass is 9.73. The Labute approximate surface area is 196 Å². The zero-order valence-electron chi connectivity index (χ0n) is 19.9. The molecule has 0 aliphatic carbocycles. The van der Waals surface area contributed by atoms with Gasteiger partial charge in [-0.25, -0.2) is 9.97 Å². The molecule has 1 aliphatic heterocycles.